The molecule has 0 bridgehead atoms. The molecule has 0 aromatic rings. The molecule has 2 nitrogen and oxygen atoms in total. The van der Waals surface area contributed by atoms with E-state index in [0.717, 1.165) is 6.54 Å². The van der Waals surface area contributed by atoms with E-state index in [-0.39, 0.29) is 0 Å². The maximum Gasteiger partial charge on any atom is 0.0462 e. The van der Waals surface area contributed by atoms with Crippen molar-refractivity contribution >= 4 is 0 Å². The van der Waals surface area contributed by atoms with Crippen molar-refractivity contribution in [2.75, 3.05) is 13.2 Å². The molecule has 0 amide bonds. The fraction of sp³-hybridized carbons (Fsp3) is 1.00. The van der Waals surface area contributed by atoms with E-state index < -0.39 is 0 Å². The van der Waals surface area contributed by atoms with E-state index in [4.69, 9.17) is 0 Å². The molecule has 1 aliphatic carbocycles. The Bertz CT molecular complexity index is 184. The van der Waals surface area contributed by atoms with Gasteiger partial charge in [-0.3, -0.25) is 0 Å². The molecular weight excluding hydrogens is 210 g/mol. The highest BCUT2D eigenvalue weighted by atomic mass is 16.3. The number of nitrogens with one attached hydrogen (secondary N) is 1. The lowest BCUT2D eigenvalue weighted by atomic mass is 9.79. The molecule has 0 spiro atoms. The average molecular weight is 241 g/mol. The number of hydrogen-bond acceptors (Lipinski definition) is 2. The Morgan fingerprint density at radius 1 is 1.18 bits per heavy atom. The molecule has 0 heterocycles. The Morgan fingerprint density at radius 3 is 2.53 bits per heavy atom. The lowest BCUT2D eigenvalue weighted by Crippen LogP contribution is -2.36. The van der Waals surface area contributed by atoms with Crippen molar-refractivity contribution < 1.29 is 5.11 Å². The molecule has 0 aromatic heterocycles. The highest BCUT2D eigenvalue weighted by Crippen LogP contribution is 2.29. The monoisotopic (exact) mass is 241 g/mol. The summed E-state index contributed by atoms with van der Waals surface area (Å²) in [5.41, 5.74) is 0. The molecule has 0 radical (unpaired) electrons. The highest BCUT2D eigenvalue weighted by molar-refractivity contribution is 4.77. The smallest absolute Gasteiger partial charge is 0.0462 e. The summed E-state index contributed by atoms with van der Waals surface area (Å²) in [5, 5.41) is 13.0. The fourth-order valence-electron chi connectivity index (χ4n) is 2.95. The van der Waals surface area contributed by atoms with Gasteiger partial charge in [0.25, 0.3) is 0 Å². The van der Waals surface area contributed by atoms with Crippen LogP contribution in [0.15, 0.2) is 0 Å². The van der Waals surface area contributed by atoms with Crippen LogP contribution in [0.5, 0.6) is 0 Å². The van der Waals surface area contributed by atoms with Crippen LogP contribution in [0.4, 0.5) is 0 Å². The SMILES string of the molecule is CCCCCC(C)NCC1CCCCC1CO. The zero-order valence-electron chi connectivity index (χ0n) is 11.8. The Morgan fingerprint density at radius 2 is 1.88 bits per heavy atom. The largest absolute Gasteiger partial charge is 0.396 e. The van der Waals surface area contributed by atoms with E-state index in [1.165, 1.54) is 51.4 Å². The van der Waals surface area contributed by atoms with Gasteiger partial charge in [-0.2, -0.15) is 0 Å². The average Bonchev–Trinajstić information content (AvgIpc) is 2.37. The van der Waals surface area contributed by atoms with Crippen LogP contribution < -0.4 is 5.32 Å². The lowest BCUT2D eigenvalue weighted by Gasteiger charge is -2.31. The Kier molecular flexibility index (Phi) is 7.87. The molecule has 1 fully saturated rings. The third kappa shape index (κ3) is 5.87. The minimum Gasteiger partial charge on any atom is -0.396 e. The maximum atomic E-state index is 9.37. The summed E-state index contributed by atoms with van der Waals surface area (Å²) in [6.07, 6.45) is 10.5. The quantitative estimate of drug-likeness (QED) is 0.639. The molecule has 1 rings (SSSR count). The lowest BCUT2D eigenvalue weighted by molar-refractivity contribution is 0.131. The van der Waals surface area contributed by atoms with Crippen molar-refractivity contribution in [3.63, 3.8) is 0 Å². The van der Waals surface area contributed by atoms with Gasteiger partial charge in [0.2, 0.25) is 0 Å². The minimum atomic E-state index is 0.385. The Labute approximate surface area is 107 Å². The van der Waals surface area contributed by atoms with Gasteiger partial charge in [-0.15, -0.1) is 0 Å². The van der Waals surface area contributed by atoms with Gasteiger partial charge in [0, 0.05) is 12.6 Å². The molecule has 3 unspecified atom stereocenters. The van der Waals surface area contributed by atoms with Crippen LogP contribution in [-0.4, -0.2) is 24.3 Å². The maximum absolute atomic E-state index is 9.37. The molecule has 1 aliphatic rings. The van der Waals surface area contributed by atoms with E-state index in [9.17, 15) is 5.11 Å². The van der Waals surface area contributed by atoms with E-state index in [2.05, 4.69) is 19.2 Å². The highest BCUT2D eigenvalue weighted by Gasteiger charge is 2.24. The van der Waals surface area contributed by atoms with E-state index in [1.54, 1.807) is 0 Å². The van der Waals surface area contributed by atoms with Gasteiger partial charge >= 0.3 is 0 Å². The second kappa shape index (κ2) is 8.93. The molecule has 0 aliphatic heterocycles. The van der Waals surface area contributed by atoms with Gasteiger partial charge in [0.15, 0.2) is 0 Å². The number of rotatable bonds is 8. The van der Waals surface area contributed by atoms with Gasteiger partial charge in [0.05, 0.1) is 0 Å². The zero-order chi connectivity index (χ0) is 12.5. The molecule has 3 atom stereocenters. The summed E-state index contributed by atoms with van der Waals surface area (Å²) < 4.78 is 0. The summed E-state index contributed by atoms with van der Waals surface area (Å²) >= 11 is 0. The number of unbranched alkanes of at least 4 members (excludes halogenated alkanes) is 2. The summed E-state index contributed by atoms with van der Waals surface area (Å²) in [5.74, 6) is 1.27. The molecule has 17 heavy (non-hydrogen) atoms. The predicted octanol–water partition coefficient (Wildman–Crippen LogP) is 3.34. The molecule has 0 saturated heterocycles. The molecule has 102 valence electrons. The van der Waals surface area contributed by atoms with Crippen LogP contribution in [0.1, 0.15) is 65.2 Å². The van der Waals surface area contributed by atoms with Crippen LogP contribution in [0.2, 0.25) is 0 Å². The number of aliphatic hydroxyl groups is 1. The second-order valence-electron chi connectivity index (χ2n) is 5.79. The first-order valence-corrected chi connectivity index (χ1v) is 7.62. The van der Waals surface area contributed by atoms with Crippen LogP contribution in [-0.2, 0) is 0 Å². The van der Waals surface area contributed by atoms with Gasteiger partial charge in [-0.25, -0.2) is 0 Å². The molecule has 2 heteroatoms. The molecular formula is C15H31NO. The van der Waals surface area contributed by atoms with Crippen molar-refractivity contribution in [3.8, 4) is 0 Å². The van der Waals surface area contributed by atoms with Crippen LogP contribution in [0.25, 0.3) is 0 Å². The standard InChI is InChI=1S/C15H31NO/c1-3-4-5-8-13(2)16-11-14-9-6-7-10-15(14)12-17/h13-17H,3-12H2,1-2H3. The van der Waals surface area contributed by atoms with Crippen molar-refractivity contribution in [3.05, 3.63) is 0 Å². The van der Waals surface area contributed by atoms with Crippen molar-refractivity contribution in [2.24, 2.45) is 11.8 Å². The van der Waals surface area contributed by atoms with Crippen molar-refractivity contribution in [1.29, 1.82) is 0 Å². The molecule has 2 N–H and O–H groups in total. The first-order chi connectivity index (χ1) is 8.27. The third-order valence-electron chi connectivity index (χ3n) is 4.27. The van der Waals surface area contributed by atoms with Crippen LogP contribution >= 0.6 is 0 Å². The van der Waals surface area contributed by atoms with Gasteiger partial charge < -0.3 is 10.4 Å². The normalized spacial score (nSPS) is 27.0. The Balaban J connectivity index is 2.14. The zero-order valence-corrected chi connectivity index (χ0v) is 11.8. The van der Waals surface area contributed by atoms with E-state index >= 15 is 0 Å². The summed E-state index contributed by atoms with van der Waals surface area (Å²) in [7, 11) is 0. The summed E-state index contributed by atoms with van der Waals surface area (Å²) in [6, 6.07) is 0.641. The van der Waals surface area contributed by atoms with E-state index in [0.29, 0.717) is 24.5 Å². The van der Waals surface area contributed by atoms with Crippen LogP contribution in [0, 0.1) is 11.8 Å². The molecule has 1 saturated carbocycles. The van der Waals surface area contributed by atoms with Crippen LogP contribution in [0.3, 0.4) is 0 Å². The van der Waals surface area contributed by atoms with Gasteiger partial charge in [-0.05, 0) is 44.6 Å². The summed E-state index contributed by atoms with van der Waals surface area (Å²) in [6.45, 7) is 6.05. The number of aliphatic hydroxyl groups excluding tert-OH is 1. The topological polar surface area (TPSA) is 32.3 Å². The van der Waals surface area contributed by atoms with Crippen molar-refractivity contribution in [2.45, 2.75) is 71.3 Å². The third-order valence-corrected chi connectivity index (χ3v) is 4.27. The van der Waals surface area contributed by atoms with E-state index in [1.807, 2.05) is 0 Å². The molecule has 0 aromatic carbocycles. The minimum absolute atomic E-state index is 0.385. The first kappa shape index (κ1) is 15.0. The Hall–Kier alpha value is -0.0800. The summed E-state index contributed by atoms with van der Waals surface area (Å²) in [4.78, 5) is 0. The van der Waals surface area contributed by atoms with Gasteiger partial charge in [0.1, 0.15) is 0 Å². The second-order valence-corrected chi connectivity index (χ2v) is 5.79. The van der Waals surface area contributed by atoms with Crippen molar-refractivity contribution in [1.82, 2.24) is 5.32 Å². The van der Waals surface area contributed by atoms with Gasteiger partial charge in [-0.1, -0.05) is 39.0 Å². The number of hydrogen-bond donors (Lipinski definition) is 2. The fourth-order valence-corrected chi connectivity index (χ4v) is 2.95. The predicted molar refractivity (Wildman–Crippen MR) is 74.1 cm³/mol. The first-order valence-electron chi connectivity index (χ1n) is 7.62.